The van der Waals surface area contributed by atoms with Crippen molar-refractivity contribution in [1.29, 1.82) is 0 Å². The van der Waals surface area contributed by atoms with E-state index in [2.05, 4.69) is 5.10 Å². The lowest BCUT2D eigenvalue weighted by Crippen LogP contribution is -2.41. The van der Waals surface area contributed by atoms with Crippen LogP contribution in [0.15, 0.2) is 6.07 Å². The minimum atomic E-state index is -1.01. The molecule has 1 aromatic heterocycles. The van der Waals surface area contributed by atoms with Crippen LogP contribution in [0, 0.1) is 6.92 Å². The number of carbonyl (C=O) groups excluding carboxylic acids is 1. The first-order valence-electron chi connectivity index (χ1n) is 6.01. The van der Waals surface area contributed by atoms with Crippen LogP contribution in [-0.4, -0.2) is 57.5 Å². The highest BCUT2D eigenvalue weighted by Crippen LogP contribution is 2.22. The van der Waals surface area contributed by atoms with Gasteiger partial charge in [-0.05, 0) is 13.0 Å². The second-order valence-electron chi connectivity index (χ2n) is 4.70. The van der Waals surface area contributed by atoms with E-state index in [0.717, 1.165) is 5.69 Å². The molecule has 2 rings (SSSR count). The fourth-order valence-electron chi connectivity index (χ4n) is 2.38. The number of aliphatic carboxylic acids is 1. The topological polar surface area (TPSA) is 84.7 Å². The first-order chi connectivity index (χ1) is 8.93. The van der Waals surface area contributed by atoms with E-state index >= 15 is 0 Å². The summed E-state index contributed by atoms with van der Waals surface area (Å²) in [5, 5.41) is 13.3. The summed E-state index contributed by atoms with van der Waals surface area (Å²) < 4.78 is 6.63. The summed E-state index contributed by atoms with van der Waals surface area (Å²) in [5.74, 6) is -1.33. The maximum absolute atomic E-state index is 12.4. The van der Waals surface area contributed by atoms with Crippen molar-refractivity contribution in [2.24, 2.45) is 7.05 Å². The lowest BCUT2D eigenvalue weighted by Gasteiger charge is -2.20. The Labute approximate surface area is 110 Å². The van der Waals surface area contributed by atoms with Crippen LogP contribution in [0.4, 0.5) is 0 Å². The molecule has 1 aliphatic rings. The monoisotopic (exact) mass is 267 g/mol. The molecular formula is C12H17N3O4. The molecule has 2 atom stereocenters. The number of hydrogen-bond donors (Lipinski definition) is 1. The maximum atomic E-state index is 12.4. The van der Waals surface area contributed by atoms with Gasteiger partial charge in [-0.2, -0.15) is 5.10 Å². The number of amides is 1. The zero-order valence-electron chi connectivity index (χ0n) is 11.2. The highest BCUT2D eigenvalue weighted by Gasteiger charge is 2.40. The van der Waals surface area contributed by atoms with Gasteiger partial charge in [0.05, 0.1) is 11.8 Å². The molecule has 7 heteroatoms. The van der Waals surface area contributed by atoms with Gasteiger partial charge in [0.15, 0.2) is 0 Å². The van der Waals surface area contributed by atoms with Crippen molar-refractivity contribution in [2.45, 2.75) is 25.5 Å². The fourth-order valence-corrected chi connectivity index (χ4v) is 2.38. The number of hydrogen-bond acceptors (Lipinski definition) is 4. The number of ether oxygens (including phenoxy) is 1. The average Bonchev–Trinajstić information content (AvgIpc) is 2.91. The van der Waals surface area contributed by atoms with Gasteiger partial charge in [-0.15, -0.1) is 0 Å². The molecule has 1 aliphatic heterocycles. The summed E-state index contributed by atoms with van der Waals surface area (Å²) in [5.41, 5.74) is 1.11. The summed E-state index contributed by atoms with van der Waals surface area (Å²) in [4.78, 5) is 25.0. The molecular weight excluding hydrogens is 250 g/mol. The first-order valence-corrected chi connectivity index (χ1v) is 6.01. The number of carboxylic acids is 1. The van der Waals surface area contributed by atoms with Crippen molar-refractivity contribution in [1.82, 2.24) is 14.7 Å². The predicted molar refractivity (Wildman–Crippen MR) is 65.8 cm³/mol. The van der Waals surface area contributed by atoms with Crippen LogP contribution < -0.4 is 0 Å². The van der Waals surface area contributed by atoms with Crippen LogP contribution >= 0.6 is 0 Å². The molecule has 2 heterocycles. The molecule has 19 heavy (non-hydrogen) atoms. The Morgan fingerprint density at radius 3 is 2.68 bits per heavy atom. The summed E-state index contributed by atoms with van der Waals surface area (Å²) >= 11 is 0. The lowest BCUT2D eigenvalue weighted by atomic mass is 10.2. The first kappa shape index (κ1) is 13.5. The van der Waals surface area contributed by atoms with E-state index < -0.39 is 12.0 Å². The summed E-state index contributed by atoms with van der Waals surface area (Å²) in [6.07, 6.45) is 0.0772. The van der Waals surface area contributed by atoms with Gasteiger partial charge in [0.2, 0.25) is 0 Å². The molecule has 1 N–H and O–H groups in total. The van der Waals surface area contributed by atoms with E-state index in [-0.39, 0.29) is 18.6 Å². The molecule has 0 spiro atoms. The Morgan fingerprint density at radius 2 is 2.21 bits per heavy atom. The summed E-state index contributed by atoms with van der Waals surface area (Å²) in [7, 11) is 3.19. The highest BCUT2D eigenvalue weighted by molar-refractivity contribution is 5.95. The second kappa shape index (κ2) is 5.00. The number of carboxylic acid groups (broad SMARTS) is 1. The molecule has 1 aromatic rings. The molecule has 7 nitrogen and oxygen atoms in total. The average molecular weight is 267 g/mol. The normalized spacial score (nSPS) is 22.8. The SMILES string of the molecule is COC1CC(C(=O)O)N(C(=O)c2cc(C)nn2C)C1. The van der Waals surface area contributed by atoms with Gasteiger partial charge in [-0.1, -0.05) is 0 Å². The van der Waals surface area contributed by atoms with E-state index in [0.29, 0.717) is 12.1 Å². The van der Waals surface area contributed by atoms with Gasteiger partial charge in [0, 0.05) is 27.1 Å². The Bertz CT molecular complexity index is 511. The van der Waals surface area contributed by atoms with Crippen molar-refractivity contribution in [3.8, 4) is 0 Å². The smallest absolute Gasteiger partial charge is 0.326 e. The zero-order chi connectivity index (χ0) is 14.2. The zero-order valence-corrected chi connectivity index (χ0v) is 11.2. The van der Waals surface area contributed by atoms with Crippen molar-refractivity contribution in [2.75, 3.05) is 13.7 Å². The van der Waals surface area contributed by atoms with Gasteiger partial charge < -0.3 is 14.7 Å². The highest BCUT2D eigenvalue weighted by atomic mass is 16.5. The van der Waals surface area contributed by atoms with Crippen LogP contribution in [-0.2, 0) is 16.6 Å². The van der Waals surface area contributed by atoms with Gasteiger partial charge >= 0.3 is 5.97 Å². The van der Waals surface area contributed by atoms with Crippen molar-refractivity contribution in [3.05, 3.63) is 17.5 Å². The van der Waals surface area contributed by atoms with Crippen molar-refractivity contribution in [3.63, 3.8) is 0 Å². The summed E-state index contributed by atoms with van der Waals surface area (Å²) in [6, 6.07) is 0.814. The number of rotatable bonds is 3. The minimum absolute atomic E-state index is 0.237. The second-order valence-corrected chi connectivity index (χ2v) is 4.70. The van der Waals surface area contributed by atoms with Crippen LogP contribution in [0.25, 0.3) is 0 Å². The number of nitrogens with zero attached hydrogens (tertiary/aromatic N) is 3. The molecule has 0 aromatic carbocycles. The van der Waals surface area contributed by atoms with Gasteiger partial charge in [-0.25, -0.2) is 4.79 Å². The number of carbonyl (C=O) groups is 2. The lowest BCUT2D eigenvalue weighted by molar-refractivity contribution is -0.141. The fraction of sp³-hybridized carbons (Fsp3) is 0.583. The number of aryl methyl sites for hydroxylation is 2. The Kier molecular flexibility index (Phi) is 3.57. The Morgan fingerprint density at radius 1 is 1.53 bits per heavy atom. The standard InChI is InChI=1S/C12H17N3O4/c1-7-4-9(14(2)13-7)11(16)15-6-8(19-3)5-10(15)12(17)18/h4,8,10H,5-6H2,1-3H3,(H,17,18). The summed E-state index contributed by atoms with van der Waals surface area (Å²) in [6.45, 7) is 2.07. The van der Waals surface area contributed by atoms with Gasteiger partial charge in [-0.3, -0.25) is 9.48 Å². The Balaban J connectivity index is 2.26. The van der Waals surface area contributed by atoms with Crippen LogP contribution in [0.2, 0.25) is 0 Å². The van der Waals surface area contributed by atoms with Crippen molar-refractivity contribution >= 4 is 11.9 Å². The van der Waals surface area contributed by atoms with Gasteiger partial charge in [0.1, 0.15) is 11.7 Å². The predicted octanol–water partition coefficient (Wildman–Crippen LogP) is 0.0426. The third-order valence-electron chi connectivity index (χ3n) is 3.36. The molecule has 1 amide bonds. The molecule has 0 aliphatic carbocycles. The van der Waals surface area contributed by atoms with Crippen molar-refractivity contribution < 1.29 is 19.4 Å². The number of aromatic nitrogens is 2. The van der Waals surface area contributed by atoms with Crippen LogP contribution in [0.3, 0.4) is 0 Å². The van der Waals surface area contributed by atoms with Gasteiger partial charge in [0.25, 0.3) is 5.91 Å². The third kappa shape index (κ3) is 2.46. The molecule has 2 unspecified atom stereocenters. The van der Waals surface area contributed by atoms with E-state index in [1.807, 2.05) is 0 Å². The number of likely N-dealkylation sites (tertiary alicyclic amines) is 1. The van der Waals surface area contributed by atoms with E-state index in [1.165, 1.54) is 16.7 Å². The van der Waals surface area contributed by atoms with E-state index in [4.69, 9.17) is 4.74 Å². The van der Waals surface area contributed by atoms with E-state index in [1.54, 1.807) is 20.0 Å². The molecule has 0 radical (unpaired) electrons. The quantitative estimate of drug-likeness (QED) is 0.836. The third-order valence-corrected chi connectivity index (χ3v) is 3.36. The minimum Gasteiger partial charge on any atom is -0.480 e. The van der Waals surface area contributed by atoms with Crippen LogP contribution in [0.5, 0.6) is 0 Å². The maximum Gasteiger partial charge on any atom is 0.326 e. The Hall–Kier alpha value is -1.89. The van der Waals surface area contributed by atoms with E-state index in [9.17, 15) is 14.7 Å². The molecule has 1 saturated heterocycles. The molecule has 0 saturated carbocycles. The molecule has 0 bridgehead atoms. The van der Waals surface area contributed by atoms with Crippen LogP contribution in [0.1, 0.15) is 22.6 Å². The molecule has 104 valence electrons. The largest absolute Gasteiger partial charge is 0.480 e. The molecule has 1 fully saturated rings. The number of methoxy groups -OCH3 is 1.